The second-order valence-electron chi connectivity index (χ2n) is 4.72. The van der Waals surface area contributed by atoms with Crippen LogP contribution >= 0.6 is 11.6 Å². The molecule has 20 heavy (non-hydrogen) atoms. The molecule has 0 atom stereocenters. The molecule has 0 spiro atoms. The van der Waals surface area contributed by atoms with Gasteiger partial charge in [-0.05, 0) is 18.1 Å². The third-order valence-electron chi connectivity index (χ3n) is 2.44. The first kappa shape index (κ1) is 16.4. The average molecular weight is 306 g/mol. The summed E-state index contributed by atoms with van der Waals surface area (Å²) in [6.45, 7) is 3.09. The fraction of sp³-hybridized carbons (Fsp3) is 0.385. The highest BCUT2D eigenvalue weighted by molar-refractivity contribution is 6.30. The van der Waals surface area contributed by atoms with Crippen molar-refractivity contribution in [2.75, 3.05) is 13.1 Å². The molecule has 0 saturated carbocycles. The number of carboxylic acid groups (broad SMARTS) is 1. The summed E-state index contributed by atoms with van der Waals surface area (Å²) in [5.74, 6) is -4.04. The van der Waals surface area contributed by atoms with Gasteiger partial charge in [0.1, 0.15) is 18.2 Å². The minimum absolute atomic E-state index is 0.0153. The Balaban J connectivity index is 3.11. The SMILES string of the molecule is CC(C)CN(CC(=O)O)C(=O)c1cc(F)c(Cl)cc1F. The van der Waals surface area contributed by atoms with Gasteiger partial charge < -0.3 is 10.0 Å². The maximum absolute atomic E-state index is 13.7. The molecule has 0 unspecified atom stereocenters. The number of hydrogen-bond donors (Lipinski definition) is 1. The molecule has 0 saturated heterocycles. The molecule has 7 heteroatoms. The molecule has 110 valence electrons. The molecule has 0 aliphatic carbocycles. The summed E-state index contributed by atoms with van der Waals surface area (Å²) in [7, 11) is 0. The maximum atomic E-state index is 13.7. The zero-order valence-electron chi connectivity index (χ0n) is 11.0. The molecule has 0 aliphatic rings. The molecular formula is C13H14ClF2NO3. The van der Waals surface area contributed by atoms with Crippen LogP contribution in [0.3, 0.4) is 0 Å². The van der Waals surface area contributed by atoms with Crippen LogP contribution in [-0.4, -0.2) is 35.0 Å². The van der Waals surface area contributed by atoms with Crippen molar-refractivity contribution in [1.82, 2.24) is 4.90 Å². The van der Waals surface area contributed by atoms with E-state index in [-0.39, 0.29) is 12.5 Å². The van der Waals surface area contributed by atoms with E-state index in [0.29, 0.717) is 12.1 Å². The van der Waals surface area contributed by atoms with Crippen molar-refractivity contribution in [3.63, 3.8) is 0 Å². The molecule has 4 nitrogen and oxygen atoms in total. The largest absolute Gasteiger partial charge is 0.480 e. The van der Waals surface area contributed by atoms with E-state index in [1.165, 1.54) is 0 Å². The summed E-state index contributed by atoms with van der Waals surface area (Å²) in [5, 5.41) is 8.34. The standard InChI is InChI=1S/C13H14ClF2NO3/c1-7(2)5-17(6-12(18)19)13(20)8-3-11(16)9(14)4-10(8)15/h3-4,7H,5-6H2,1-2H3,(H,18,19). The van der Waals surface area contributed by atoms with E-state index in [0.717, 1.165) is 4.90 Å². The van der Waals surface area contributed by atoms with Gasteiger partial charge in [-0.3, -0.25) is 9.59 Å². The highest BCUT2D eigenvalue weighted by Gasteiger charge is 2.23. The number of amides is 1. The molecule has 0 aliphatic heterocycles. The van der Waals surface area contributed by atoms with E-state index in [1.807, 2.05) is 0 Å². The highest BCUT2D eigenvalue weighted by atomic mass is 35.5. The molecule has 1 aromatic rings. The van der Waals surface area contributed by atoms with Gasteiger partial charge in [0.15, 0.2) is 0 Å². The maximum Gasteiger partial charge on any atom is 0.323 e. The van der Waals surface area contributed by atoms with E-state index in [9.17, 15) is 18.4 Å². The predicted octanol–water partition coefficient (Wildman–Crippen LogP) is 2.80. The van der Waals surface area contributed by atoms with Gasteiger partial charge in [-0.2, -0.15) is 0 Å². The minimum atomic E-state index is -1.23. The number of hydrogen-bond acceptors (Lipinski definition) is 2. The first-order chi connectivity index (χ1) is 9.22. The van der Waals surface area contributed by atoms with Gasteiger partial charge in [-0.25, -0.2) is 8.78 Å². The fourth-order valence-corrected chi connectivity index (χ4v) is 1.83. The summed E-state index contributed by atoms with van der Waals surface area (Å²) in [6, 6.07) is 1.37. The second-order valence-corrected chi connectivity index (χ2v) is 5.13. The normalized spacial score (nSPS) is 10.7. The number of carbonyl (C=O) groups is 2. The van der Waals surface area contributed by atoms with Crippen molar-refractivity contribution >= 4 is 23.5 Å². The highest BCUT2D eigenvalue weighted by Crippen LogP contribution is 2.20. The molecular weight excluding hydrogens is 292 g/mol. The first-order valence-electron chi connectivity index (χ1n) is 5.88. The van der Waals surface area contributed by atoms with Gasteiger partial charge in [0, 0.05) is 6.54 Å². The fourth-order valence-electron chi connectivity index (χ4n) is 1.68. The number of carbonyl (C=O) groups excluding carboxylic acids is 1. The van der Waals surface area contributed by atoms with Crippen LogP contribution in [0.1, 0.15) is 24.2 Å². The monoisotopic (exact) mass is 305 g/mol. The summed E-state index contributed by atoms with van der Waals surface area (Å²) in [5.41, 5.74) is -0.534. The Morgan fingerprint density at radius 3 is 2.40 bits per heavy atom. The zero-order valence-corrected chi connectivity index (χ0v) is 11.7. The average Bonchev–Trinajstić information content (AvgIpc) is 2.31. The smallest absolute Gasteiger partial charge is 0.323 e. The topological polar surface area (TPSA) is 57.6 Å². The van der Waals surface area contributed by atoms with Crippen LogP contribution in [0, 0.1) is 17.6 Å². The molecule has 1 N–H and O–H groups in total. The molecule has 0 radical (unpaired) electrons. The summed E-state index contributed by atoms with van der Waals surface area (Å²) in [4.78, 5) is 23.8. The molecule has 0 aromatic heterocycles. The quantitative estimate of drug-likeness (QED) is 0.851. The Kier molecular flexibility index (Phi) is 5.44. The third-order valence-corrected chi connectivity index (χ3v) is 2.73. The van der Waals surface area contributed by atoms with Crippen molar-refractivity contribution < 1.29 is 23.5 Å². The van der Waals surface area contributed by atoms with E-state index >= 15 is 0 Å². The van der Waals surface area contributed by atoms with E-state index < -0.39 is 40.6 Å². The van der Waals surface area contributed by atoms with Gasteiger partial charge >= 0.3 is 5.97 Å². The third kappa shape index (κ3) is 4.16. The molecule has 1 amide bonds. The lowest BCUT2D eigenvalue weighted by Gasteiger charge is -2.23. The van der Waals surface area contributed by atoms with Crippen LogP contribution in [0.25, 0.3) is 0 Å². The van der Waals surface area contributed by atoms with Gasteiger partial charge in [-0.1, -0.05) is 25.4 Å². The van der Waals surface area contributed by atoms with Crippen LogP contribution in [0.5, 0.6) is 0 Å². The first-order valence-corrected chi connectivity index (χ1v) is 6.25. The van der Waals surface area contributed by atoms with E-state index in [2.05, 4.69) is 0 Å². The Morgan fingerprint density at radius 1 is 1.30 bits per heavy atom. The van der Waals surface area contributed by atoms with Crippen molar-refractivity contribution in [1.29, 1.82) is 0 Å². The van der Waals surface area contributed by atoms with Gasteiger partial charge in [0.2, 0.25) is 0 Å². The Bertz CT molecular complexity index is 535. The van der Waals surface area contributed by atoms with Crippen LogP contribution in [0.4, 0.5) is 8.78 Å². The van der Waals surface area contributed by atoms with Crippen LogP contribution in [0.2, 0.25) is 5.02 Å². The number of benzene rings is 1. The van der Waals surface area contributed by atoms with Gasteiger partial charge in [0.05, 0.1) is 10.6 Å². The predicted molar refractivity (Wildman–Crippen MR) is 69.7 cm³/mol. The summed E-state index contributed by atoms with van der Waals surface area (Å²) < 4.78 is 27.0. The van der Waals surface area contributed by atoms with Crippen molar-refractivity contribution in [2.45, 2.75) is 13.8 Å². The van der Waals surface area contributed by atoms with Crippen LogP contribution in [-0.2, 0) is 4.79 Å². The van der Waals surface area contributed by atoms with Crippen LogP contribution < -0.4 is 0 Å². The molecule has 1 rings (SSSR count). The number of nitrogens with zero attached hydrogens (tertiary/aromatic N) is 1. The Hall–Kier alpha value is -1.69. The molecule has 1 aromatic carbocycles. The molecule has 0 bridgehead atoms. The van der Waals surface area contributed by atoms with Gasteiger partial charge in [0.25, 0.3) is 5.91 Å². The summed E-state index contributed by atoms with van der Waals surface area (Å²) in [6.07, 6.45) is 0. The second kappa shape index (κ2) is 6.65. The van der Waals surface area contributed by atoms with Crippen molar-refractivity contribution in [3.8, 4) is 0 Å². The van der Waals surface area contributed by atoms with Gasteiger partial charge in [-0.15, -0.1) is 0 Å². The van der Waals surface area contributed by atoms with Crippen molar-refractivity contribution in [3.05, 3.63) is 34.4 Å². The Morgan fingerprint density at radius 2 is 1.90 bits per heavy atom. The number of aliphatic carboxylic acids is 1. The lowest BCUT2D eigenvalue weighted by atomic mass is 10.1. The minimum Gasteiger partial charge on any atom is -0.480 e. The Labute approximate surface area is 119 Å². The molecule has 0 heterocycles. The van der Waals surface area contributed by atoms with E-state index in [1.54, 1.807) is 13.8 Å². The lowest BCUT2D eigenvalue weighted by Crippen LogP contribution is -2.38. The van der Waals surface area contributed by atoms with Crippen molar-refractivity contribution in [2.24, 2.45) is 5.92 Å². The summed E-state index contributed by atoms with van der Waals surface area (Å²) >= 11 is 5.40. The number of rotatable bonds is 5. The lowest BCUT2D eigenvalue weighted by molar-refractivity contribution is -0.137. The zero-order chi connectivity index (χ0) is 15.4. The molecule has 0 fully saturated rings. The number of carboxylic acids is 1. The van der Waals surface area contributed by atoms with E-state index in [4.69, 9.17) is 16.7 Å². The van der Waals surface area contributed by atoms with Crippen LogP contribution in [0.15, 0.2) is 12.1 Å². The number of halogens is 3.